The summed E-state index contributed by atoms with van der Waals surface area (Å²) in [6.07, 6.45) is 5.59. The Labute approximate surface area is 183 Å². The second kappa shape index (κ2) is 8.71. The van der Waals surface area contributed by atoms with E-state index < -0.39 is 0 Å². The molecule has 1 aromatic carbocycles. The van der Waals surface area contributed by atoms with E-state index >= 15 is 0 Å². The van der Waals surface area contributed by atoms with Crippen molar-refractivity contribution in [2.24, 2.45) is 5.92 Å². The van der Waals surface area contributed by atoms with E-state index in [1.54, 1.807) is 11.0 Å². The molecule has 0 fully saturated rings. The number of carbonyl (C=O) groups excluding carboxylic acids is 1. The van der Waals surface area contributed by atoms with Gasteiger partial charge in [0.25, 0.3) is 0 Å². The smallest absolute Gasteiger partial charge is 0.240 e. The lowest BCUT2D eigenvalue weighted by Crippen LogP contribution is -2.47. The predicted molar refractivity (Wildman–Crippen MR) is 123 cm³/mol. The maximum absolute atomic E-state index is 13.2. The average Bonchev–Trinajstić information content (AvgIpc) is 3.25. The first kappa shape index (κ1) is 21.4. The van der Waals surface area contributed by atoms with E-state index in [1.807, 2.05) is 20.0 Å². The molecule has 4 rings (SSSR count). The largest absolute Gasteiger partial charge is 0.361 e. The molecule has 6 nitrogen and oxygen atoms in total. The van der Waals surface area contributed by atoms with E-state index in [-0.39, 0.29) is 18.0 Å². The third-order valence-corrected chi connectivity index (χ3v) is 6.01. The minimum absolute atomic E-state index is 0.106. The van der Waals surface area contributed by atoms with Gasteiger partial charge in [0, 0.05) is 42.8 Å². The Morgan fingerprint density at radius 1 is 1.45 bits per heavy atom. The lowest BCUT2D eigenvalue weighted by molar-refractivity contribution is -0.131. The van der Waals surface area contributed by atoms with Crippen LogP contribution in [0.5, 0.6) is 0 Å². The molecule has 2 atom stereocenters. The molecule has 0 aliphatic carbocycles. The molecule has 0 saturated carbocycles. The number of amides is 1. The summed E-state index contributed by atoms with van der Waals surface area (Å²) < 4.78 is 7.50. The summed E-state index contributed by atoms with van der Waals surface area (Å²) in [6, 6.07) is 8.31. The molecular formula is C25H32N4O2. The van der Waals surface area contributed by atoms with Crippen LogP contribution < -0.4 is 5.32 Å². The Morgan fingerprint density at radius 3 is 2.94 bits per heavy atom. The zero-order valence-corrected chi connectivity index (χ0v) is 18.9. The second-order valence-corrected chi connectivity index (χ2v) is 9.07. The average molecular weight is 421 g/mol. The molecule has 0 spiro atoms. The summed E-state index contributed by atoms with van der Waals surface area (Å²) >= 11 is 0. The summed E-state index contributed by atoms with van der Waals surface area (Å²) in [7, 11) is 1.84. The van der Waals surface area contributed by atoms with Crippen LogP contribution in [0.25, 0.3) is 10.9 Å². The topological polar surface area (TPSA) is 63.3 Å². The molecule has 3 heterocycles. The van der Waals surface area contributed by atoms with Crippen molar-refractivity contribution in [3.63, 3.8) is 0 Å². The fourth-order valence-corrected chi connectivity index (χ4v) is 4.70. The highest BCUT2D eigenvalue weighted by molar-refractivity contribution is 5.90. The standard InChI is InChI=1S/C25H32N4O2/c1-6-10-28(5)25(30)22-13-18-14-29(15-19-12-17(4)31-27-19)23-9-7-8-20(24(18)23)21(26-22)11-16(2)3/h6-9,12,14,16,21-22,26H,1,10-11,13,15H2,2-5H3/t21-,22-/m0/s1. The third-order valence-electron chi connectivity index (χ3n) is 6.01. The van der Waals surface area contributed by atoms with Gasteiger partial charge in [0.1, 0.15) is 11.5 Å². The van der Waals surface area contributed by atoms with Crippen molar-refractivity contribution in [2.75, 3.05) is 13.6 Å². The number of nitrogens with one attached hydrogen (secondary N) is 1. The number of aryl methyl sites for hydroxylation is 1. The summed E-state index contributed by atoms with van der Waals surface area (Å²) in [4.78, 5) is 15.0. The molecule has 6 heteroatoms. The van der Waals surface area contributed by atoms with Crippen LogP contribution in [0.1, 0.15) is 48.9 Å². The van der Waals surface area contributed by atoms with Crippen LogP contribution >= 0.6 is 0 Å². The first-order valence-corrected chi connectivity index (χ1v) is 11.0. The lowest BCUT2D eigenvalue weighted by Gasteiger charge is -2.28. The molecule has 1 amide bonds. The molecular weight excluding hydrogens is 388 g/mol. The molecule has 2 aromatic heterocycles. The molecule has 0 bridgehead atoms. The molecule has 0 saturated heterocycles. The fourth-order valence-electron chi connectivity index (χ4n) is 4.70. The Bertz CT molecular complexity index is 1090. The van der Waals surface area contributed by atoms with Gasteiger partial charge in [0.2, 0.25) is 5.91 Å². The van der Waals surface area contributed by atoms with Crippen molar-refractivity contribution in [2.45, 2.75) is 52.2 Å². The summed E-state index contributed by atoms with van der Waals surface area (Å²) in [5.74, 6) is 1.43. The number of hydrogen-bond donors (Lipinski definition) is 1. The Hall–Kier alpha value is -2.86. The van der Waals surface area contributed by atoms with Crippen molar-refractivity contribution in [3.05, 3.63) is 65.7 Å². The van der Waals surface area contributed by atoms with Gasteiger partial charge in [-0.25, -0.2) is 0 Å². The number of likely N-dealkylation sites (N-methyl/N-ethyl adjacent to an activating group) is 1. The minimum atomic E-state index is -0.269. The van der Waals surface area contributed by atoms with Gasteiger partial charge < -0.3 is 14.0 Å². The third kappa shape index (κ3) is 4.30. The fraction of sp³-hybridized carbons (Fsp3) is 0.440. The van der Waals surface area contributed by atoms with E-state index in [0.29, 0.717) is 25.4 Å². The second-order valence-electron chi connectivity index (χ2n) is 9.07. The molecule has 0 radical (unpaired) electrons. The highest BCUT2D eigenvalue weighted by Crippen LogP contribution is 2.36. The van der Waals surface area contributed by atoms with Crippen molar-refractivity contribution in [1.29, 1.82) is 0 Å². The first-order chi connectivity index (χ1) is 14.9. The number of aromatic nitrogens is 2. The summed E-state index contributed by atoms with van der Waals surface area (Å²) in [5, 5.41) is 9.13. The lowest BCUT2D eigenvalue weighted by atomic mass is 9.94. The van der Waals surface area contributed by atoms with Gasteiger partial charge in [0.15, 0.2) is 0 Å². The van der Waals surface area contributed by atoms with Crippen LogP contribution in [0, 0.1) is 12.8 Å². The van der Waals surface area contributed by atoms with Gasteiger partial charge in [-0.1, -0.05) is 37.2 Å². The van der Waals surface area contributed by atoms with Crippen molar-refractivity contribution < 1.29 is 9.32 Å². The van der Waals surface area contributed by atoms with Crippen LogP contribution in [-0.4, -0.2) is 40.2 Å². The minimum Gasteiger partial charge on any atom is -0.361 e. The molecule has 3 aromatic rings. The van der Waals surface area contributed by atoms with E-state index in [2.05, 4.69) is 59.9 Å². The van der Waals surface area contributed by atoms with Crippen LogP contribution in [0.2, 0.25) is 0 Å². The molecule has 0 unspecified atom stereocenters. The van der Waals surface area contributed by atoms with Crippen LogP contribution in [-0.2, 0) is 17.8 Å². The highest BCUT2D eigenvalue weighted by atomic mass is 16.5. The Kier molecular flexibility index (Phi) is 6.01. The maximum atomic E-state index is 13.2. The van der Waals surface area contributed by atoms with Crippen molar-refractivity contribution in [1.82, 2.24) is 19.9 Å². The van der Waals surface area contributed by atoms with E-state index in [1.165, 1.54) is 22.0 Å². The normalized spacial score (nSPS) is 18.4. The molecule has 1 aliphatic rings. The van der Waals surface area contributed by atoms with E-state index in [0.717, 1.165) is 17.9 Å². The van der Waals surface area contributed by atoms with Gasteiger partial charge >= 0.3 is 0 Å². The van der Waals surface area contributed by atoms with Gasteiger partial charge in [-0.3, -0.25) is 10.1 Å². The van der Waals surface area contributed by atoms with Gasteiger partial charge in [-0.2, -0.15) is 0 Å². The number of rotatable bonds is 7. The van der Waals surface area contributed by atoms with E-state index in [4.69, 9.17) is 4.52 Å². The molecule has 1 aliphatic heterocycles. The van der Waals surface area contributed by atoms with E-state index in [9.17, 15) is 4.79 Å². The quantitative estimate of drug-likeness (QED) is 0.581. The van der Waals surface area contributed by atoms with Crippen molar-refractivity contribution >= 4 is 16.8 Å². The van der Waals surface area contributed by atoms with Crippen LogP contribution in [0.3, 0.4) is 0 Å². The zero-order valence-electron chi connectivity index (χ0n) is 18.9. The highest BCUT2D eigenvalue weighted by Gasteiger charge is 2.32. The van der Waals surface area contributed by atoms with Gasteiger partial charge in [-0.05, 0) is 42.9 Å². The molecule has 1 N–H and O–H groups in total. The SMILES string of the molecule is C=CCN(C)C(=O)[C@@H]1Cc2cn(Cc3cc(C)on3)c3cccc(c23)[C@H](CC(C)C)N1. The zero-order chi connectivity index (χ0) is 22.1. The number of carbonyl (C=O) groups is 1. The van der Waals surface area contributed by atoms with Crippen LogP contribution in [0.15, 0.2) is 47.6 Å². The Balaban J connectivity index is 1.78. The number of hydrogen-bond acceptors (Lipinski definition) is 4. The van der Waals surface area contributed by atoms with Crippen LogP contribution in [0.4, 0.5) is 0 Å². The van der Waals surface area contributed by atoms with Gasteiger partial charge in [0.05, 0.1) is 12.6 Å². The number of benzene rings is 1. The van der Waals surface area contributed by atoms with Gasteiger partial charge in [-0.15, -0.1) is 6.58 Å². The Morgan fingerprint density at radius 2 is 2.26 bits per heavy atom. The number of nitrogens with zero attached hydrogens (tertiary/aromatic N) is 3. The summed E-state index contributed by atoms with van der Waals surface area (Å²) in [6.45, 7) is 11.3. The maximum Gasteiger partial charge on any atom is 0.240 e. The molecule has 164 valence electrons. The first-order valence-electron chi connectivity index (χ1n) is 11.0. The van der Waals surface area contributed by atoms with Crippen molar-refractivity contribution in [3.8, 4) is 0 Å². The molecule has 31 heavy (non-hydrogen) atoms. The monoisotopic (exact) mass is 420 g/mol. The predicted octanol–water partition coefficient (Wildman–Crippen LogP) is 4.23. The summed E-state index contributed by atoms with van der Waals surface area (Å²) in [5.41, 5.74) is 4.56.